The molecule has 0 amide bonds. The number of Topliss-reactive ketones (excluding diaryl/α,β-unsaturated/α-hetero) is 1. The highest BCUT2D eigenvalue weighted by molar-refractivity contribution is 6.09. The van der Waals surface area contributed by atoms with Crippen molar-refractivity contribution in [3.8, 4) is 40.1 Å². The number of fused-ring (bicyclic) bond motifs is 1. The third-order valence-corrected chi connectivity index (χ3v) is 3.69. The molecule has 3 aromatic rings. The first kappa shape index (κ1) is 16.2. The van der Waals surface area contributed by atoms with Crippen LogP contribution in [-0.2, 0) is 0 Å². The van der Waals surface area contributed by atoms with Gasteiger partial charge in [-0.25, -0.2) is 0 Å². The van der Waals surface area contributed by atoms with Gasteiger partial charge in [0, 0.05) is 11.6 Å². The number of hydrogen-bond acceptors (Lipinski definition) is 8. The molecule has 0 atom stereocenters. The summed E-state index contributed by atoms with van der Waals surface area (Å²) in [4.78, 5) is 24.2. The lowest BCUT2D eigenvalue weighted by Gasteiger charge is -2.11. The van der Waals surface area contributed by atoms with Crippen LogP contribution in [0.1, 0.15) is 17.3 Å². The first-order valence-electron chi connectivity index (χ1n) is 7.00. The van der Waals surface area contributed by atoms with Gasteiger partial charge in [-0.2, -0.15) is 0 Å². The molecule has 8 nitrogen and oxygen atoms in total. The Balaban J connectivity index is 2.48. The van der Waals surface area contributed by atoms with E-state index in [1.807, 2.05) is 0 Å². The number of phenolic OH excluding ortho intramolecular Hbond substituents is 4. The van der Waals surface area contributed by atoms with Gasteiger partial charge in [0.15, 0.2) is 28.6 Å². The van der Waals surface area contributed by atoms with Crippen molar-refractivity contribution in [1.29, 1.82) is 0 Å². The van der Waals surface area contributed by atoms with Crippen molar-refractivity contribution >= 4 is 16.8 Å². The zero-order valence-electron chi connectivity index (χ0n) is 12.8. The number of aromatic hydroxyl groups is 5. The van der Waals surface area contributed by atoms with Gasteiger partial charge in [-0.15, -0.1) is 0 Å². The molecule has 0 aliphatic rings. The first-order chi connectivity index (χ1) is 11.7. The summed E-state index contributed by atoms with van der Waals surface area (Å²) in [6.07, 6.45) is 0. The molecule has 0 bridgehead atoms. The Kier molecular flexibility index (Phi) is 3.53. The Morgan fingerprint density at radius 2 is 1.60 bits per heavy atom. The summed E-state index contributed by atoms with van der Waals surface area (Å²) in [6, 6.07) is 4.21. The number of ketones is 1. The number of hydrogen-bond donors (Lipinski definition) is 5. The van der Waals surface area contributed by atoms with E-state index in [0.717, 1.165) is 25.1 Å². The largest absolute Gasteiger partial charge is 0.507 e. The minimum atomic E-state index is -1.02. The van der Waals surface area contributed by atoms with Gasteiger partial charge in [-0.1, -0.05) is 0 Å². The number of phenols is 4. The molecule has 0 aliphatic heterocycles. The standard InChI is InChI=1S/C17H12O8/c1-6(18)12-10(21)5-11(22)13-14(23)15(24)16(25-17(12)13)7-2-3-8(19)9(20)4-7/h2-5,19-22,24H,1H3. The molecule has 0 radical (unpaired) electrons. The summed E-state index contributed by atoms with van der Waals surface area (Å²) < 4.78 is 5.42. The molecule has 0 unspecified atom stereocenters. The molecule has 0 fully saturated rings. The lowest BCUT2D eigenvalue weighted by molar-refractivity contribution is 0.101. The van der Waals surface area contributed by atoms with Gasteiger partial charge in [0.2, 0.25) is 11.2 Å². The Morgan fingerprint density at radius 3 is 2.20 bits per heavy atom. The molecule has 0 spiro atoms. The Bertz CT molecular complexity index is 1090. The fourth-order valence-corrected chi connectivity index (χ4v) is 2.53. The van der Waals surface area contributed by atoms with Gasteiger partial charge in [-0.05, 0) is 25.1 Å². The van der Waals surface area contributed by atoms with Gasteiger partial charge in [0.05, 0.1) is 0 Å². The Morgan fingerprint density at radius 1 is 0.920 bits per heavy atom. The molecule has 2 aromatic carbocycles. The van der Waals surface area contributed by atoms with Crippen LogP contribution in [0.25, 0.3) is 22.3 Å². The maximum atomic E-state index is 12.4. The van der Waals surface area contributed by atoms with E-state index in [0.29, 0.717) is 0 Å². The van der Waals surface area contributed by atoms with E-state index < -0.39 is 56.7 Å². The van der Waals surface area contributed by atoms with Crippen molar-refractivity contribution in [3.63, 3.8) is 0 Å². The van der Waals surface area contributed by atoms with Crippen LogP contribution < -0.4 is 5.43 Å². The zero-order chi connectivity index (χ0) is 18.5. The highest BCUT2D eigenvalue weighted by Gasteiger charge is 2.24. The summed E-state index contributed by atoms with van der Waals surface area (Å²) in [5.41, 5.74) is -1.74. The summed E-state index contributed by atoms with van der Waals surface area (Å²) in [5, 5.41) is 48.4. The van der Waals surface area contributed by atoms with E-state index in [1.54, 1.807) is 0 Å². The van der Waals surface area contributed by atoms with Gasteiger partial charge in [0.25, 0.3) is 0 Å². The van der Waals surface area contributed by atoms with Gasteiger partial charge in [-0.3, -0.25) is 9.59 Å². The smallest absolute Gasteiger partial charge is 0.238 e. The lowest BCUT2D eigenvalue weighted by Crippen LogP contribution is -2.06. The Labute approximate surface area is 139 Å². The van der Waals surface area contributed by atoms with Crippen molar-refractivity contribution in [1.82, 2.24) is 0 Å². The monoisotopic (exact) mass is 344 g/mol. The summed E-state index contributed by atoms with van der Waals surface area (Å²) in [6.45, 7) is 1.13. The maximum absolute atomic E-state index is 12.4. The van der Waals surface area contributed by atoms with E-state index in [9.17, 15) is 35.1 Å². The molecule has 5 N–H and O–H groups in total. The van der Waals surface area contributed by atoms with Crippen LogP contribution >= 0.6 is 0 Å². The number of rotatable bonds is 2. The van der Waals surface area contributed by atoms with Crippen LogP contribution in [0.5, 0.6) is 28.7 Å². The summed E-state index contributed by atoms with van der Waals surface area (Å²) in [7, 11) is 0. The van der Waals surface area contributed by atoms with Crippen molar-refractivity contribution in [2.24, 2.45) is 0 Å². The second kappa shape index (κ2) is 5.45. The predicted molar refractivity (Wildman–Crippen MR) is 86.2 cm³/mol. The van der Waals surface area contributed by atoms with Gasteiger partial charge >= 0.3 is 0 Å². The number of carbonyl (C=O) groups excluding carboxylic acids is 1. The normalized spacial score (nSPS) is 10.9. The van der Waals surface area contributed by atoms with E-state index >= 15 is 0 Å². The van der Waals surface area contributed by atoms with Crippen molar-refractivity contribution < 1.29 is 34.7 Å². The fourth-order valence-electron chi connectivity index (χ4n) is 2.53. The molecule has 0 saturated carbocycles. The summed E-state index contributed by atoms with van der Waals surface area (Å²) >= 11 is 0. The molecule has 8 heteroatoms. The third-order valence-electron chi connectivity index (χ3n) is 3.69. The second-order valence-electron chi connectivity index (χ2n) is 5.36. The summed E-state index contributed by atoms with van der Waals surface area (Å²) in [5.74, 6) is -4.10. The van der Waals surface area contributed by atoms with Crippen LogP contribution in [0, 0.1) is 0 Å². The molecule has 0 saturated heterocycles. The molecule has 25 heavy (non-hydrogen) atoms. The average molecular weight is 344 g/mol. The van der Waals surface area contributed by atoms with E-state index in [-0.39, 0.29) is 11.1 Å². The molecular weight excluding hydrogens is 332 g/mol. The van der Waals surface area contributed by atoms with Crippen molar-refractivity contribution in [3.05, 3.63) is 40.1 Å². The molecule has 1 heterocycles. The predicted octanol–water partition coefficient (Wildman–Crippen LogP) is 2.19. The molecule has 3 rings (SSSR count). The third kappa shape index (κ3) is 2.40. The molecule has 128 valence electrons. The van der Waals surface area contributed by atoms with Gasteiger partial charge < -0.3 is 29.9 Å². The minimum absolute atomic E-state index is 0.0316. The molecule has 1 aromatic heterocycles. The second-order valence-corrected chi connectivity index (χ2v) is 5.36. The molecular formula is C17H12O8. The SMILES string of the molecule is CC(=O)c1c(O)cc(O)c2c(=O)c(O)c(-c3ccc(O)c(O)c3)oc12. The minimum Gasteiger partial charge on any atom is -0.507 e. The van der Waals surface area contributed by atoms with Crippen LogP contribution in [0.4, 0.5) is 0 Å². The lowest BCUT2D eigenvalue weighted by atomic mass is 10.0. The van der Waals surface area contributed by atoms with E-state index in [1.165, 1.54) is 6.07 Å². The van der Waals surface area contributed by atoms with Crippen molar-refractivity contribution in [2.45, 2.75) is 6.92 Å². The fraction of sp³-hybridized carbons (Fsp3) is 0.0588. The topological polar surface area (TPSA) is 148 Å². The Hall–Kier alpha value is -3.68. The first-order valence-corrected chi connectivity index (χ1v) is 7.00. The molecule has 0 aliphatic carbocycles. The van der Waals surface area contributed by atoms with Crippen LogP contribution in [0.15, 0.2) is 33.5 Å². The number of carbonyl (C=O) groups is 1. The van der Waals surface area contributed by atoms with Crippen LogP contribution in [0.3, 0.4) is 0 Å². The number of benzene rings is 2. The maximum Gasteiger partial charge on any atom is 0.238 e. The van der Waals surface area contributed by atoms with Crippen LogP contribution in [-0.4, -0.2) is 31.3 Å². The highest BCUT2D eigenvalue weighted by atomic mass is 16.4. The van der Waals surface area contributed by atoms with Crippen molar-refractivity contribution in [2.75, 3.05) is 0 Å². The average Bonchev–Trinajstić information content (AvgIpc) is 2.52. The van der Waals surface area contributed by atoms with Crippen LogP contribution in [0.2, 0.25) is 0 Å². The van der Waals surface area contributed by atoms with Gasteiger partial charge in [0.1, 0.15) is 22.4 Å². The van der Waals surface area contributed by atoms with E-state index in [4.69, 9.17) is 4.42 Å². The quantitative estimate of drug-likeness (QED) is 0.351. The zero-order valence-corrected chi connectivity index (χ0v) is 12.8. The highest BCUT2D eigenvalue weighted by Crippen LogP contribution is 2.39. The van der Waals surface area contributed by atoms with E-state index in [2.05, 4.69) is 0 Å².